The molecule has 0 radical (unpaired) electrons. The summed E-state index contributed by atoms with van der Waals surface area (Å²) >= 11 is 6.16. The van der Waals surface area contributed by atoms with Crippen LogP contribution in [-0.4, -0.2) is 85.0 Å². The predicted octanol–water partition coefficient (Wildman–Crippen LogP) is 4.51. The van der Waals surface area contributed by atoms with Crippen LogP contribution >= 0.6 is 11.6 Å². The lowest BCUT2D eigenvalue weighted by Gasteiger charge is -2.39. The van der Waals surface area contributed by atoms with Gasteiger partial charge in [0.05, 0.1) is 19.7 Å². The Balaban J connectivity index is 1.33. The number of hydrogen-bond donors (Lipinski definition) is 2. The average molecular weight is 591 g/mol. The predicted molar refractivity (Wildman–Crippen MR) is 161 cm³/mol. The highest BCUT2D eigenvalue weighted by Crippen LogP contribution is 2.30. The topological polar surface area (TPSA) is 109 Å². The number of halogens is 1. The van der Waals surface area contributed by atoms with Crippen molar-refractivity contribution in [3.8, 4) is 17.6 Å². The molecule has 42 heavy (non-hydrogen) atoms. The van der Waals surface area contributed by atoms with Gasteiger partial charge < -0.3 is 14.6 Å². The molecule has 1 saturated heterocycles. The van der Waals surface area contributed by atoms with Gasteiger partial charge in [-0.05, 0) is 41.5 Å². The van der Waals surface area contributed by atoms with Crippen LogP contribution in [0.3, 0.4) is 0 Å². The van der Waals surface area contributed by atoms with E-state index in [9.17, 15) is 9.59 Å². The number of amides is 1. The normalized spacial score (nSPS) is 14.4. The van der Waals surface area contributed by atoms with Crippen molar-refractivity contribution in [2.45, 2.75) is 12.5 Å². The molecular formula is C32H35ClN4O5. The van der Waals surface area contributed by atoms with Crippen LogP contribution in [0.5, 0.6) is 5.75 Å². The molecule has 0 bridgehead atoms. The molecule has 1 unspecified atom stereocenters. The van der Waals surface area contributed by atoms with Crippen molar-refractivity contribution in [1.82, 2.24) is 14.8 Å². The van der Waals surface area contributed by atoms with Crippen LogP contribution in [0.1, 0.15) is 39.5 Å². The van der Waals surface area contributed by atoms with Crippen LogP contribution in [0.25, 0.3) is 0 Å². The molecule has 1 aliphatic heterocycles. The average Bonchev–Trinajstić information content (AvgIpc) is 3.01. The van der Waals surface area contributed by atoms with E-state index in [2.05, 4.69) is 58.0 Å². The third kappa shape index (κ3) is 8.47. The first-order chi connectivity index (χ1) is 20.4. The van der Waals surface area contributed by atoms with Gasteiger partial charge >= 0.3 is 12.1 Å². The van der Waals surface area contributed by atoms with E-state index < -0.39 is 12.1 Å². The number of esters is 1. The Labute approximate surface area is 251 Å². The summed E-state index contributed by atoms with van der Waals surface area (Å²) in [4.78, 5) is 28.1. The van der Waals surface area contributed by atoms with Crippen molar-refractivity contribution in [2.75, 3.05) is 53.0 Å². The number of hydrogen-bond acceptors (Lipinski definition) is 7. The first-order valence-corrected chi connectivity index (χ1v) is 14.1. The summed E-state index contributed by atoms with van der Waals surface area (Å²) in [5, 5.41) is 10.2. The van der Waals surface area contributed by atoms with Gasteiger partial charge in [-0.1, -0.05) is 65.9 Å². The molecule has 0 aromatic heterocycles. The number of carbonyl (C=O) groups is 2. The molecule has 3 N–H and O–H groups in total. The molecule has 0 saturated carbocycles. The van der Waals surface area contributed by atoms with Gasteiger partial charge in [-0.3, -0.25) is 9.80 Å². The Morgan fingerprint density at radius 1 is 1.02 bits per heavy atom. The number of rotatable bonds is 10. The largest absolute Gasteiger partial charge is 0.491 e. The summed E-state index contributed by atoms with van der Waals surface area (Å²) in [6.07, 6.45) is -0.962. The van der Waals surface area contributed by atoms with Gasteiger partial charge in [-0.2, -0.15) is 0 Å². The van der Waals surface area contributed by atoms with Crippen molar-refractivity contribution in [1.29, 1.82) is 0 Å². The number of nitrogens with two attached hydrogens (primary N) is 1. The zero-order valence-corrected chi connectivity index (χ0v) is 24.3. The highest BCUT2D eigenvalue weighted by Gasteiger charge is 2.26. The van der Waals surface area contributed by atoms with Gasteiger partial charge in [0.1, 0.15) is 17.9 Å². The van der Waals surface area contributed by atoms with Crippen LogP contribution < -0.4 is 10.6 Å². The van der Waals surface area contributed by atoms with Gasteiger partial charge in [0.15, 0.2) is 0 Å². The van der Waals surface area contributed by atoms with Crippen LogP contribution in [0.15, 0.2) is 72.8 Å². The summed E-state index contributed by atoms with van der Waals surface area (Å²) < 4.78 is 11.0. The molecule has 3 aromatic carbocycles. The summed E-state index contributed by atoms with van der Waals surface area (Å²) in [7, 11) is 1.32. The molecule has 1 amide bonds. The van der Waals surface area contributed by atoms with Gasteiger partial charge in [-0.15, -0.1) is 0 Å². The molecule has 0 aliphatic carbocycles. The maximum absolute atomic E-state index is 12.4. The fourth-order valence-corrected chi connectivity index (χ4v) is 4.99. The lowest BCUT2D eigenvalue weighted by molar-refractivity contribution is 0.0594. The van der Waals surface area contributed by atoms with Crippen molar-refractivity contribution in [3.05, 3.63) is 100 Å². The van der Waals surface area contributed by atoms with E-state index in [1.54, 1.807) is 18.2 Å². The Hall–Kier alpha value is -4.07. The zero-order chi connectivity index (χ0) is 29.9. The van der Waals surface area contributed by atoms with Crippen molar-refractivity contribution in [3.63, 3.8) is 0 Å². The molecule has 1 aliphatic rings. The van der Waals surface area contributed by atoms with Crippen LogP contribution in [0.4, 0.5) is 4.79 Å². The maximum atomic E-state index is 12.4. The number of carbonyl (C=O) groups excluding carboxylic acids is 1. The van der Waals surface area contributed by atoms with E-state index in [0.717, 1.165) is 31.2 Å². The number of hydrazine groups is 1. The first kappa shape index (κ1) is 30.9. The van der Waals surface area contributed by atoms with E-state index in [1.165, 1.54) is 18.2 Å². The molecule has 10 heteroatoms. The Morgan fingerprint density at radius 3 is 2.38 bits per heavy atom. The summed E-state index contributed by atoms with van der Waals surface area (Å²) in [5.74, 6) is 11.1. The fourth-order valence-electron chi connectivity index (χ4n) is 4.86. The minimum atomic E-state index is -1.22. The van der Waals surface area contributed by atoms with E-state index in [-0.39, 0.29) is 24.6 Å². The molecule has 0 spiro atoms. The molecule has 1 fully saturated rings. The quantitative estimate of drug-likeness (QED) is 0.117. The van der Waals surface area contributed by atoms with E-state index in [4.69, 9.17) is 32.0 Å². The molecular weight excluding hydrogens is 556 g/mol. The minimum Gasteiger partial charge on any atom is -0.491 e. The second kappa shape index (κ2) is 15.2. The van der Waals surface area contributed by atoms with E-state index in [1.807, 2.05) is 18.2 Å². The summed E-state index contributed by atoms with van der Waals surface area (Å²) in [5.41, 5.74) is 3.34. The lowest BCUT2D eigenvalue weighted by atomic mass is 9.96. The van der Waals surface area contributed by atoms with Gasteiger partial charge in [0.2, 0.25) is 0 Å². The molecule has 1 atom stereocenters. The number of benzene rings is 3. The third-order valence-electron chi connectivity index (χ3n) is 7.08. The summed E-state index contributed by atoms with van der Waals surface area (Å²) in [6, 6.07) is 23.8. The standard InChI is InChI=1S/C32H35ClN4O5/c1-41-31(38)28-23-24(7-5-6-16-37(34)32(39)40)10-15-29(28)42-22-21-35-17-19-36(20-18-35)30(25-8-3-2-4-9-25)26-11-13-27(33)14-12-26/h2-4,8-15,23,30H,6,16-22,34H2,1H3,(H,39,40). The van der Waals surface area contributed by atoms with Crippen LogP contribution in [0, 0.1) is 11.8 Å². The number of nitrogens with zero attached hydrogens (tertiary/aromatic N) is 3. The first-order valence-electron chi connectivity index (χ1n) is 13.7. The molecule has 3 aromatic rings. The Bertz CT molecular complexity index is 1400. The van der Waals surface area contributed by atoms with Crippen molar-refractivity contribution < 1.29 is 24.2 Å². The Kier molecular flexibility index (Phi) is 11.2. The maximum Gasteiger partial charge on any atom is 0.421 e. The van der Waals surface area contributed by atoms with E-state index in [0.29, 0.717) is 29.5 Å². The number of methoxy groups -OCH3 is 1. The number of ether oxygens (including phenoxy) is 2. The molecule has 1 heterocycles. The number of piperazine rings is 1. The smallest absolute Gasteiger partial charge is 0.421 e. The van der Waals surface area contributed by atoms with Crippen LogP contribution in [-0.2, 0) is 4.74 Å². The SMILES string of the molecule is COC(=O)c1cc(C#CCCN(N)C(=O)O)ccc1OCCN1CCN(C(c2ccccc2)c2ccc(Cl)cc2)CC1. The third-order valence-corrected chi connectivity index (χ3v) is 7.33. The highest BCUT2D eigenvalue weighted by molar-refractivity contribution is 6.30. The Morgan fingerprint density at radius 2 is 1.71 bits per heavy atom. The fraction of sp³-hybridized carbons (Fsp3) is 0.312. The van der Waals surface area contributed by atoms with Crippen LogP contribution in [0.2, 0.25) is 5.02 Å². The minimum absolute atomic E-state index is 0.0791. The monoisotopic (exact) mass is 590 g/mol. The summed E-state index contributed by atoms with van der Waals surface area (Å²) in [6.45, 7) is 4.79. The van der Waals surface area contributed by atoms with Crippen molar-refractivity contribution >= 4 is 23.7 Å². The second-order valence-corrected chi connectivity index (χ2v) is 10.3. The van der Waals surface area contributed by atoms with E-state index >= 15 is 0 Å². The van der Waals surface area contributed by atoms with Crippen molar-refractivity contribution in [2.24, 2.45) is 5.84 Å². The molecule has 4 rings (SSSR count). The highest BCUT2D eigenvalue weighted by atomic mass is 35.5. The number of carboxylic acid groups (broad SMARTS) is 1. The lowest BCUT2D eigenvalue weighted by Crippen LogP contribution is -2.48. The van der Waals surface area contributed by atoms with Gasteiger partial charge in [0, 0.05) is 49.7 Å². The molecule has 220 valence electrons. The molecule has 9 nitrogen and oxygen atoms in total. The van der Waals surface area contributed by atoms with Gasteiger partial charge in [-0.25, -0.2) is 20.4 Å². The second-order valence-electron chi connectivity index (χ2n) is 9.82. The zero-order valence-electron chi connectivity index (χ0n) is 23.5. The van der Waals surface area contributed by atoms with Gasteiger partial charge in [0.25, 0.3) is 0 Å².